The summed E-state index contributed by atoms with van der Waals surface area (Å²) in [6.45, 7) is 9.55. The van der Waals surface area contributed by atoms with Gasteiger partial charge in [0.15, 0.2) is 0 Å². The van der Waals surface area contributed by atoms with Crippen molar-refractivity contribution < 1.29 is 9.59 Å². The van der Waals surface area contributed by atoms with Crippen molar-refractivity contribution in [3.63, 3.8) is 0 Å². The van der Waals surface area contributed by atoms with Crippen LogP contribution in [-0.4, -0.2) is 24.9 Å². The smallest absolute Gasteiger partial charge is 0.251 e. The van der Waals surface area contributed by atoms with Gasteiger partial charge in [-0.1, -0.05) is 31.4 Å². The first kappa shape index (κ1) is 22.7. The molecule has 0 unspecified atom stereocenters. The summed E-state index contributed by atoms with van der Waals surface area (Å²) in [6.07, 6.45) is 5.23. The predicted molar refractivity (Wildman–Crippen MR) is 120 cm³/mol. The molecule has 2 rings (SSSR count). The average Bonchev–Trinajstić information content (AvgIpc) is 2.70. The quantitative estimate of drug-likeness (QED) is 0.555. The Hall–Kier alpha value is -2.62. The van der Waals surface area contributed by atoms with E-state index in [0.717, 1.165) is 54.4 Å². The maximum absolute atomic E-state index is 12.2. The number of benzene rings is 2. The van der Waals surface area contributed by atoms with Crippen LogP contribution in [0.4, 0.5) is 0 Å². The number of nitrogens with one attached hydrogen (secondary N) is 2. The molecule has 0 spiro atoms. The third kappa shape index (κ3) is 7.37. The molecule has 29 heavy (non-hydrogen) atoms. The van der Waals surface area contributed by atoms with Crippen molar-refractivity contribution in [1.82, 2.24) is 10.6 Å². The molecule has 0 saturated carbocycles. The normalized spacial score (nSPS) is 10.6. The van der Waals surface area contributed by atoms with Crippen LogP contribution in [-0.2, 0) is 0 Å². The van der Waals surface area contributed by atoms with E-state index in [4.69, 9.17) is 0 Å². The fraction of sp³-hybridized carbons (Fsp3) is 0.440. The molecule has 0 aliphatic rings. The van der Waals surface area contributed by atoms with Gasteiger partial charge in [0.2, 0.25) is 0 Å². The molecular weight excluding hydrogens is 360 g/mol. The molecule has 0 heterocycles. The molecule has 2 aromatic carbocycles. The molecule has 0 bridgehead atoms. The second kappa shape index (κ2) is 11.4. The van der Waals surface area contributed by atoms with E-state index < -0.39 is 0 Å². The van der Waals surface area contributed by atoms with Gasteiger partial charge in [0.05, 0.1) is 0 Å². The molecule has 0 aliphatic carbocycles. The number of aryl methyl sites for hydroxylation is 4. The Balaban J connectivity index is 1.52. The topological polar surface area (TPSA) is 58.2 Å². The fourth-order valence-corrected chi connectivity index (χ4v) is 3.15. The van der Waals surface area contributed by atoms with Gasteiger partial charge in [-0.05, 0) is 87.1 Å². The molecule has 0 fully saturated rings. The third-order valence-electron chi connectivity index (χ3n) is 5.46. The lowest BCUT2D eigenvalue weighted by atomic mass is 10.1. The Kier molecular flexibility index (Phi) is 8.91. The van der Waals surface area contributed by atoms with E-state index in [1.165, 1.54) is 11.1 Å². The van der Waals surface area contributed by atoms with E-state index in [1.807, 2.05) is 64.1 Å². The summed E-state index contributed by atoms with van der Waals surface area (Å²) >= 11 is 0. The highest BCUT2D eigenvalue weighted by Crippen LogP contribution is 2.11. The van der Waals surface area contributed by atoms with Gasteiger partial charge in [0, 0.05) is 24.2 Å². The van der Waals surface area contributed by atoms with E-state index >= 15 is 0 Å². The van der Waals surface area contributed by atoms with E-state index in [9.17, 15) is 9.59 Å². The highest BCUT2D eigenvalue weighted by atomic mass is 16.2. The first-order valence-corrected chi connectivity index (χ1v) is 10.6. The fourth-order valence-electron chi connectivity index (χ4n) is 3.15. The number of unbranched alkanes of at least 4 members (excludes halogenated alkanes) is 4. The van der Waals surface area contributed by atoms with Crippen LogP contribution in [0.1, 0.15) is 75.1 Å². The zero-order chi connectivity index (χ0) is 21.2. The van der Waals surface area contributed by atoms with Crippen molar-refractivity contribution in [3.05, 3.63) is 69.8 Å². The summed E-state index contributed by atoms with van der Waals surface area (Å²) in [4.78, 5) is 24.3. The van der Waals surface area contributed by atoms with E-state index in [1.54, 1.807) is 0 Å². The predicted octanol–water partition coefficient (Wildman–Crippen LogP) is 5.03. The van der Waals surface area contributed by atoms with Crippen LogP contribution in [0.15, 0.2) is 36.4 Å². The second-order valence-corrected chi connectivity index (χ2v) is 7.88. The molecule has 0 radical (unpaired) electrons. The summed E-state index contributed by atoms with van der Waals surface area (Å²) < 4.78 is 0. The minimum Gasteiger partial charge on any atom is -0.352 e. The molecule has 4 nitrogen and oxygen atoms in total. The summed E-state index contributed by atoms with van der Waals surface area (Å²) in [5, 5.41) is 5.99. The summed E-state index contributed by atoms with van der Waals surface area (Å²) in [5.41, 5.74) is 6.14. The third-order valence-corrected chi connectivity index (χ3v) is 5.46. The summed E-state index contributed by atoms with van der Waals surface area (Å²) in [7, 11) is 0. The molecule has 2 aromatic rings. The average molecular weight is 395 g/mol. The largest absolute Gasteiger partial charge is 0.352 e. The van der Waals surface area contributed by atoms with Crippen LogP contribution < -0.4 is 10.6 Å². The molecule has 4 heteroatoms. The van der Waals surface area contributed by atoms with Crippen LogP contribution in [0.2, 0.25) is 0 Å². The Morgan fingerprint density at radius 2 is 0.966 bits per heavy atom. The molecule has 156 valence electrons. The monoisotopic (exact) mass is 394 g/mol. The van der Waals surface area contributed by atoms with Crippen molar-refractivity contribution in [2.45, 2.75) is 59.8 Å². The van der Waals surface area contributed by atoms with Gasteiger partial charge in [-0.25, -0.2) is 0 Å². The number of amides is 2. The number of hydrogen-bond donors (Lipinski definition) is 2. The highest BCUT2D eigenvalue weighted by molar-refractivity contribution is 5.94. The molecule has 0 saturated heterocycles. The Bertz CT molecular complexity index is 773. The first-order valence-electron chi connectivity index (χ1n) is 10.6. The molecule has 0 aliphatic heterocycles. The Labute approximate surface area is 175 Å². The maximum atomic E-state index is 12.2. The van der Waals surface area contributed by atoms with E-state index in [0.29, 0.717) is 13.1 Å². The lowest BCUT2D eigenvalue weighted by Gasteiger charge is -2.08. The molecule has 2 N–H and O–H groups in total. The number of carbonyl (C=O) groups is 2. The maximum Gasteiger partial charge on any atom is 0.251 e. The molecule has 2 amide bonds. The van der Waals surface area contributed by atoms with Gasteiger partial charge in [0.1, 0.15) is 0 Å². The van der Waals surface area contributed by atoms with E-state index in [-0.39, 0.29) is 11.8 Å². The van der Waals surface area contributed by atoms with Crippen molar-refractivity contribution in [3.8, 4) is 0 Å². The number of carbonyl (C=O) groups excluding carboxylic acids is 2. The lowest BCUT2D eigenvalue weighted by molar-refractivity contribution is 0.0945. The van der Waals surface area contributed by atoms with Gasteiger partial charge in [-0.3, -0.25) is 9.59 Å². The molecule has 0 aromatic heterocycles. The van der Waals surface area contributed by atoms with Crippen LogP contribution >= 0.6 is 0 Å². The highest BCUT2D eigenvalue weighted by Gasteiger charge is 2.07. The van der Waals surface area contributed by atoms with Crippen LogP contribution in [0.5, 0.6) is 0 Å². The Morgan fingerprint density at radius 3 is 1.34 bits per heavy atom. The summed E-state index contributed by atoms with van der Waals surface area (Å²) in [6, 6.07) is 11.6. The zero-order valence-corrected chi connectivity index (χ0v) is 18.2. The number of hydrogen-bond acceptors (Lipinski definition) is 2. The van der Waals surface area contributed by atoms with Crippen LogP contribution in [0, 0.1) is 27.7 Å². The van der Waals surface area contributed by atoms with Gasteiger partial charge < -0.3 is 10.6 Å². The van der Waals surface area contributed by atoms with Crippen LogP contribution in [0.3, 0.4) is 0 Å². The molecule has 0 atom stereocenters. The minimum atomic E-state index is 0.00200. The standard InChI is InChI=1S/C25H34N2O2/c1-18-10-12-22(16-20(18)3)24(28)26-14-8-6-5-7-9-15-27-25(29)23-13-11-19(2)21(4)17-23/h10-13,16-17H,5-9,14-15H2,1-4H3,(H,26,28)(H,27,29). The second-order valence-electron chi connectivity index (χ2n) is 7.88. The Morgan fingerprint density at radius 1 is 0.586 bits per heavy atom. The van der Waals surface area contributed by atoms with Gasteiger partial charge in [0.25, 0.3) is 11.8 Å². The zero-order valence-electron chi connectivity index (χ0n) is 18.2. The van der Waals surface area contributed by atoms with Crippen molar-refractivity contribution in [2.24, 2.45) is 0 Å². The van der Waals surface area contributed by atoms with Crippen LogP contribution in [0.25, 0.3) is 0 Å². The number of rotatable bonds is 10. The van der Waals surface area contributed by atoms with Gasteiger partial charge in [-0.2, -0.15) is 0 Å². The SMILES string of the molecule is Cc1ccc(C(=O)NCCCCCCCNC(=O)c2ccc(C)c(C)c2)cc1C. The lowest BCUT2D eigenvalue weighted by Crippen LogP contribution is -2.25. The van der Waals surface area contributed by atoms with E-state index in [2.05, 4.69) is 10.6 Å². The summed E-state index contributed by atoms with van der Waals surface area (Å²) in [5.74, 6) is 0.00399. The molecular formula is C25H34N2O2. The minimum absolute atomic E-state index is 0.00200. The first-order chi connectivity index (χ1) is 13.9. The van der Waals surface area contributed by atoms with Crippen molar-refractivity contribution >= 4 is 11.8 Å². The van der Waals surface area contributed by atoms with Gasteiger partial charge >= 0.3 is 0 Å². The van der Waals surface area contributed by atoms with Crippen molar-refractivity contribution in [1.29, 1.82) is 0 Å². The van der Waals surface area contributed by atoms with Crippen molar-refractivity contribution in [2.75, 3.05) is 13.1 Å². The van der Waals surface area contributed by atoms with Gasteiger partial charge in [-0.15, -0.1) is 0 Å².